The summed E-state index contributed by atoms with van der Waals surface area (Å²) in [6.07, 6.45) is 10.9. The summed E-state index contributed by atoms with van der Waals surface area (Å²) in [4.78, 5) is 3.55. The van der Waals surface area contributed by atoms with E-state index in [-0.39, 0.29) is 0 Å². The molecular formula is C21H27N3S. The average molecular weight is 354 g/mol. The third-order valence-electron chi connectivity index (χ3n) is 5.19. The third kappa shape index (κ3) is 3.20. The fraction of sp³-hybridized carbons (Fsp3) is 0.429. The minimum Gasteiger partial charge on any atom is -0.380 e. The number of aromatic nitrogens is 2. The molecule has 132 valence electrons. The zero-order valence-electron chi connectivity index (χ0n) is 15.1. The summed E-state index contributed by atoms with van der Waals surface area (Å²) in [7, 11) is 2.13. The highest BCUT2D eigenvalue weighted by Gasteiger charge is 2.21. The monoisotopic (exact) mass is 353 g/mol. The van der Waals surface area contributed by atoms with Crippen LogP contribution >= 0.6 is 11.8 Å². The molecule has 1 aliphatic rings. The van der Waals surface area contributed by atoms with Crippen LogP contribution in [0.5, 0.6) is 0 Å². The predicted octanol–water partition coefficient (Wildman–Crippen LogP) is 6.03. The average Bonchev–Trinajstić information content (AvgIpc) is 3.34. The van der Waals surface area contributed by atoms with Crippen molar-refractivity contribution in [1.82, 2.24) is 9.55 Å². The van der Waals surface area contributed by atoms with E-state index in [0.29, 0.717) is 6.04 Å². The van der Waals surface area contributed by atoms with Crippen LogP contribution in [0.1, 0.15) is 39.0 Å². The van der Waals surface area contributed by atoms with Gasteiger partial charge in [-0.25, -0.2) is 0 Å². The highest BCUT2D eigenvalue weighted by molar-refractivity contribution is 7.99. The second-order valence-electron chi connectivity index (χ2n) is 7.05. The SMILES string of the molecule is CCCSc1[nH]cc(-c2cn(C)c3ccccc23)c1NC1CCCC1. The molecule has 0 spiro atoms. The number of benzene rings is 1. The first-order valence-electron chi connectivity index (χ1n) is 9.43. The van der Waals surface area contributed by atoms with Crippen molar-refractivity contribution in [3.05, 3.63) is 36.7 Å². The topological polar surface area (TPSA) is 32.8 Å². The highest BCUT2D eigenvalue weighted by Crippen LogP contribution is 2.41. The van der Waals surface area contributed by atoms with Gasteiger partial charge in [-0.3, -0.25) is 0 Å². The van der Waals surface area contributed by atoms with Crippen LogP contribution in [0.4, 0.5) is 5.69 Å². The molecule has 0 bridgehead atoms. The summed E-state index contributed by atoms with van der Waals surface area (Å²) in [6, 6.07) is 9.29. The molecule has 3 aromatic rings. The van der Waals surface area contributed by atoms with Gasteiger partial charge in [-0.1, -0.05) is 38.0 Å². The number of aromatic amines is 1. The number of hydrogen-bond donors (Lipinski definition) is 2. The Morgan fingerprint density at radius 2 is 2.00 bits per heavy atom. The normalized spacial score (nSPS) is 15.3. The number of fused-ring (bicyclic) bond motifs is 1. The van der Waals surface area contributed by atoms with E-state index in [9.17, 15) is 0 Å². The van der Waals surface area contributed by atoms with Crippen molar-refractivity contribution in [2.45, 2.75) is 50.1 Å². The Balaban J connectivity index is 1.78. The first-order chi connectivity index (χ1) is 12.3. The summed E-state index contributed by atoms with van der Waals surface area (Å²) >= 11 is 1.93. The van der Waals surface area contributed by atoms with Crippen molar-refractivity contribution in [2.75, 3.05) is 11.1 Å². The second-order valence-corrected chi connectivity index (χ2v) is 8.16. The molecule has 25 heavy (non-hydrogen) atoms. The van der Waals surface area contributed by atoms with Gasteiger partial charge in [0.15, 0.2) is 0 Å². The maximum absolute atomic E-state index is 3.88. The van der Waals surface area contributed by atoms with Crippen molar-refractivity contribution in [3.8, 4) is 11.1 Å². The van der Waals surface area contributed by atoms with Crippen LogP contribution in [-0.4, -0.2) is 21.3 Å². The number of thioether (sulfide) groups is 1. The van der Waals surface area contributed by atoms with Crippen LogP contribution in [0.25, 0.3) is 22.0 Å². The molecule has 0 atom stereocenters. The van der Waals surface area contributed by atoms with E-state index in [2.05, 4.69) is 65.5 Å². The predicted molar refractivity (Wildman–Crippen MR) is 110 cm³/mol. The van der Waals surface area contributed by atoms with E-state index in [0.717, 1.165) is 5.75 Å². The molecule has 4 heteroatoms. The molecule has 3 nitrogen and oxygen atoms in total. The van der Waals surface area contributed by atoms with E-state index in [4.69, 9.17) is 0 Å². The molecule has 1 fully saturated rings. The molecule has 0 saturated heterocycles. The van der Waals surface area contributed by atoms with Crippen LogP contribution in [-0.2, 0) is 7.05 Å². The first kappa shape index (κ1) is 16.6. The molecule has 0 aliphatic heterocycles. The van der Waals surface area contributed by atoms with Crippen molar-refractivity contribution in [3.63, 3.8) is 0 Å². The number of para-hydroxylation sites is 1. The number of nitrogens with one attached hydrogen (secondary N) is 2. The molecule has 1 saturated carbocycles. The van der Waals surface area contributed by atoms with Gasteiger partial charge in [0.25, 0.3) is 0 Å². The number of anilines is 1. The quantitative estimate of drug-likeness (QED) is 0.530. The van der Waals surface area contributed by atoms with E-state index in [1.54, 1.807) is 0 Å². The molecule has 2 aromatic heterocycles. The van der Waals surface area contributed by atoms with Gasteiger partial charge in [-0.2, -0.15) is 0 Å². The lowest BCUT2D eigenvalue weighted by Crippen LogP contribution is -2.15. The van der Waals surface area contributed by atoms with Crippen LogP contribution in [0.2, 0.25) is 0 Å². The van der Waals surface area contributed by atoms with Gasteiger partial charge in [-0.05, 0) is 31.1 Å². The Bertz CT molecular complexity index is 855. The fourth-order valence-corrected chi connectivity index (χ4v) is 4.77. The maximum atomic E-state index is 3.88. The third-order valence-corrected chi connectivity index (χ3v) is 6.41. The maximum Gasteiger partial charge on any atom is 0.0964 e. The summed E-state index contributed by atoms with van der Waals surface area (Å²) in [5.41, 5.74) is 5.22. The largest absolute Gasteiger partial charge is 0.380 e. The lowest BCUT2D eigenvalue weighted by Gasteiger charge is -2.16. The van der Waals surface area contributed by atoms with E-state index >= 15 is 0 Å². The first-order valence-corrected chi connectivity index (χ1v) is 10.4. The highest BCUT2D eigenvalue weighted by atomic mass is 32.2. The van der Waals surface area contributed by atoms with E-state index in [1.165, 1.54) is 64.8 Å². The number of aryl methyl sites for hydroxylation is 1. The summed E-state index contributed by atoms with van der Waals surface area (Å²) in [5, 5.41) is 6.49. The Labute approximate surface area is 154 Å². The van der Waals surface area contributed by atoms with Gasteiger partial charge in [0.2, 0.25) is 0 Å². The molecule has 1 aliphatic carbocycles. The van der Waals surface area contributed by atoms with Gasteiger partial charge in [0.05, 0.1) is 10.7 Å². The van der Waals surface area contributed by atoms with E-state index in [1.807, 2.05) is 11.8 Å². The Morgan fingerprint density at radius 3 is 2.80 bits per heavy atom. The minimum absolute atomic E-state index is 0.616. The van der Waals surface area contributed by atoms with Gasteiger partial charge in [-0.15, -0.1) is 11.8 Å². The molecule has 4 rings (SSSR count). The second kappa shape index (κ2) is 7.20. The number of nitrogens with zero attached hydrogens (tertiary/aromatic N) is 1. The lowest BCUT2D eigenvalue weighted by atomic mass is 10.1. The zero-order chi connectivity index (χ0) is 17.2. The summed E-state index contributed by atoms with van der Waals surface area (Å²) in [6.45, 7) is 2.24. The van der Waals surface area contributed by atoms with E-state index < -0.39 is 0 Å². The van der Waals surface area contributed by atoms with Crippen molar-refractivity contribution in [1.29, 1.82) is 0 Å². The number of hydrogen-bond acceptors (Lipinski definition) is 2. The van der Waals surface area contributed by atoms with Gasteiger partial charge >= 0.3 is 0 Å². The lowest BCUT2D eigenvalue weighted by molar-refractivity contribution is 0.753. The molecular weight excluding hydrogens is 326 g/mol. The molecule has 0 radical (unpaired) electrons. The van der Waals surface area contributed by atoms with Crippen LogP contribution in [0.15, 0.2) is 41.7 Å². The van der Waals surface area contributed by atoms with Crippen molar-refractivity contribution >= 4 is 28.4 Å². The minimum atomic E-state index is 0.616. The standard InChI is InChI=1S/C21H27N3S/c1-3-12-25-21-20(23-15-8-4-5-9-15)17(13-22-21)18-14-24(2)19-11-7-6-10-16(18)19/h6-7,10-11,13-15,22-23H,3-5,8-9,12H2,1-2H3. The Hall–Kier alpha value is -1.81. The van der Waals surface area contributed by atoms with Crippen LogP contribution < -0.4 is 5.32 Å². The molecule has 0 unspecified atom stereocenters. The zero-order valence-corrected chi connectivity index (χ0v) is 16.0. The fourth-order valence-electron chi connectivity index (χ4n) is 3.91. The Kier molecular flexibility index (Phi) is 4.80. The summed E-state index contributed by atoms with van der Waals surface area (Å²) < 4.78 is 2.23. The smallest absolute Gasteiger partial charge is 0.0964 e. The van der Waals surface area contributed by atoms with Crippen LogP contribution in [0, 0.1) is 0 Å². The molecule has 0 amide bonds. The van der Waals surface area contributed by atoms with Crippen molar-refractivity contribution < 1.29 is 0 Å². The summed E-state index contributed by atoms with van der Waals surface area (Å²) in [5.74, 6) is 1.15. The Morgan fingerprint density at radius 1 is 1.20 bits per heavy atom. The van der Waals surface area contributed by atoms with Gasteiger partial charge < -0.3 is 14.9 Å². The van der Waals surface area contributed by atoms with Crippen LogP contribution in [0.3, 0.4) is 0 Å². The van der Waals surface area contributed by atoms with Gasteiger partial charge in [0, 0.05) is 47.5 Å². The molecule has 2 N–H and O–H groups in total. The number of H-pyrrole nitrogens is 1. The molecule has 1 aromatic carbocycles. The number of rotatable bonds is 6. The van der Waals surface area contributed by atoms with Gasteiger partial charge in [0.1, 0.15) is 0 Å². The van der Waals surface area contributed by atoms with Crippen molar-refractivity contribution in [2.24, 2.45) is 7.05 Å². The molecule has 2 heterocycles.